The van der Waals surface area contributed by atoms with Gasteiger partial charge in [0.15, 0.2) is 0 Å². The van der Waals surface area contributed by atoms with Crippen molar-refractivity contribution < 1.29 is 14.8 Å². The minimum atomic E-state index is -1.14. The van der Waals surface area contributed by atoms with Gasteiger partial charge in [0.05, 0.1) is 16.1 Å². The van der Waals surface area contributed by atoms with Gasteiger partial charge in [0.25, 0.3) is 5.69 Å². The molecule has 1 aromatic rings. The Bertz CT molecular complexity index is 561. The maximum atomic E-state index is 11.1. The molecule has 0 amide bonds. The lowest BCUT2D eigenvalue weighted by Gasteiger charge is -2.21. The van der Waals surface area contributed by atoms with E-state index >= 15 is 0 Å². The van der Waals surface area contributed by atoms with E-state index in [0.717, 1.165) is 19.2 Å². The smallest absolute Gasteiger partial charge is 0.336 e. The number of nitro groups is 1. The molecule has 0 spiro atoms. The molecule has 0 saturated carbocycles. The summed E-state index contributed by atoms with van der Waals surface area (Å²) in [7, 11) is 0. The first kappa shape index (κ1) is 14.3. The van der Waals surface area contributed by atoms with E-state index in [4.69, 9.17) is 5.11 Å². The summed E-state index contributed by atoms with van der Waals surface area (Å²) in [6.45, 7) is 7.53. The van der Waals surface area contributed by atoms with E-state index < -0.39 is 10.9 Å². The first-order chi connectivity index (χ1) is 9.31. The van der Waals surface area contributed by atoms with Crippen molar-refractivity contribution in [3.8, 4) is 0 Å². The fourth-order valence-corrected chi connectivity index (χ4v) is 2.65. The van der Waals surface area contributed by atoms with E-state index in [9.17, 15) is 14.9 Å². The Morgan fingerprint density at radius 1 is 1.35 bits per heavy atom. The standard InChI is InChI=1S/C14H18N2O4/c1-8-6-15(7-9(8)2)12-4-11(14(17)18)5-13(10(12)3)16(19)20/h4-5,8-9H,6-7H2,1-3H3,(H,17,18). The largest absolute Gasteiger partial charge is 0.478 e. The number of anilines is 1. The fourth-order valence-electron chi connectivity index (χ4n) is 2.65. The average molecular weight is 278 g/mol. The van der Waals surface area contributed by atoms with Gasteiger partial charge in [-0.15, -0.1) is 0 Å². The Morgan fingerprint density at radius 3 is 2.35 bits per heavy atom. The molecule has 1 aromatic carbocycles. The molecule has 108 valence electrons. The van der Waals surface area contributed by atoms with Gasteiger partial charge in [-0.25, -0.2) is 4.79 Å². The number of carboxylic acids is 1. The third kappa shape index (κ3) is 2.45. The maximum Gasteiger partial charge on any atom is 0.336 e. The van der Waals surface area contributed by atoms with Crippen molar-refractivity contribution in [2.24, 2.45) is 11.8 Å². The number of rotatable bonds is 3. The van der Waals surface area contributed by atoms with Gasteiger partial charge in [0.1, 0.15) is 0 Å². The summed E-state index contributed by atoms with van der Waals surface area (Å²) in [6, 6.07) is 2.67. The van der Waals surface area contributed by atoms with Gasteiger partial charge in [-0.1, -0.05) is 13.8 Å². The quantitative estimate of drug-likeness (QED) is 0.678. The number of carbonyl (C=O) groups is 1. The lowest BCUT2D eigenvalue weighted by Crippen LogP contribution is -2.21. The molecule has 6 heteroatoms. The van der Waals surface area contributed by atoms with E-state index in [1.165, 1.54) is 6.07 Å². The highest BCUT2D eigenvalue weighted by Gasteiger charge is 2.29. The van der Waals surface area contributed by atoms with Gasteiger partial charge in [-0.2, -0.15) is 0 Å². The second kappa shape index (κ2) is 5.11. The van der Waals surface area contributed by atoms with Crippen LogP contribution in [0.5, 0.6) is 0 Å². The number of benzene rings is 1. The Hall–Kier alpha value is -2.11. The molecule has 1 fully saturated rings. The van der Waals surface area contributed by atoms with E-state index in [0.29, 0.717) is 23.1 Å². The van der Waals surface area contributed by atoms with Gasteiger partial charge in [-0.3, -0.25) is 10.1 Å². The molecule has 20 heavy (non-hydrogen) atoms. The summed E-state index contributed by atoms with van der Waals surface area (Å²) in [5.74, 6) is -0.168. The Morgan fingerprint density at radius 2 is 1.90 bits per heavy atom. The highest BCUT2D eigenvalue weighted by molar-refractivity contribution is 5.90. The zero-order chi connectivity index (χ0) is 15.0. The van der Waals surface area contributed by atoms with Crippen molar-refractivity contribution in [2.45, 2.75) is 20.8 Å². The summed E-state index contributed by atoms with van der Waals surface area (Å²) >= 11 is 0. The fraction of sp³-hybridized carbons (Fsp3) is 0.500. The Labute approximate surface area is 117 Å². The molecule has 1 heterocycles. The predicted molar refractivity (Wildman–Crippen MR) is 75.3 cm³/mol. The van der Waals surface area contributed by atoms with Crippen LogP contribution in [0.1, 0.15) is 29.8 Å². The predicted octanol–water partition coefficient (Wildman–Crippen LogP) is 2.69. The van der Waals surface area contributed by atoms with Gasteiger partial charge >= 0.3 is 5.97 Å². The molecule has 1 aliphatic heterocycles. The first-order valence-electron chi connectivity index (χ1n) is 6.58. The van der Waals surface area contributed by atoms with Crippen molar-refractivity contribution in [1.82, 2.24) is 0 Å². The highest BCUT2D eigenvalue weighted by atomic mass is 16.6. The molecular formula is C14H18N2O4. The molecule has 1 saturated heterocycles. The van der Waals surface area contributed by atoms with Crippen molar-refractivity contribution in [1.29, 1.82) is 0 Å². The van der Waals surface area contributed by atoms with Gasteiger partial charge < -0.3 is 10.0 Å². The summed E-state index contributed by atoms with van der Waals surface area (Å²) < 4.78 is 0. The summed E-state index contributed by atoms with van der Waals surface area (Å²) in [5, 5.41) is 20.2. The van der Waals surface area contributed by atoms with Crippen molar-refractivity contribution in [3.05, 3.63) is 33.4 Å². The van der Waals surface area contributed by atoms with Gasteiger partial charge in [-0.05, 0) is 24.8 Å². The summed E-state index contributed by atoms with van der Waals surface area (Å²) in [4.78, 5) is 23.8. The summed E-state index contributed by atoms with van der Waals surface area (Å²) in [6.07, 6.45) is 0. The van der Waals surface area contributed by atoms with E-state index in [1.807, 2.05) is 4.90 Å². The van der Waals surface area contributed by atoms with Crippen molar-refractivity contribution in [3.63, 3.8) is 0 Å². The highest BCUT2D eigenvalue weighted by Crippen LogP contribution is 2.35. The molecule has 6 nitrogen and oxygen atoms in total. The van der Waals surface area contributed by atoms with Crippen LogP contribution in [0.2, 0.25) is 0 Å². The molecule has 0 aromatic heterocycles. The van der Waals surface area contributed by atoms with Crippen LogP contribution in [0.15, 0.2) is 12.1 Å². The monoisotopic (exact) mass is 278 g/mol. The minimum Gasteiger partial charge on any atom is -0.478 e. The summed E-state index contributed by atoms with van der Waals surface area (Å²) in [5.41, 5.74) is 1.02. The number of carboxylic acid groups (broad SMARTS) is 1. The maximum absolute atomic E-state index is 11.1. The van der Waals surface area contributed by atoms with Crippen molar-refractivity contribution in [2.75, 3.05) is 18.0 Å². The van der Waals surface area contributed by atoms with Crippen LogP contribution in [-0.4, -0.2) is 29.1 Å². The first-order valence-corrected chi connectivity index (χ1v) is 6.58. The van der Waals surface area contributed by atoms with E-state index in [2.05, 4.69) is 13.8 Å². The number of hydrogen-bond acceptors (Lipinski definition) is 4. The number of hydrogen-bond donors (Lipinski definition) is 1. The van der Waals surface area contributed by atoms with Crippen LogP contribution < -0.4 is 4.90 Å². The van der Waals surface area contributed by atoms with Crippen LogP contribution in [0.25, 0.3) is 0 Å². The van der Waals surface area contributed by atoms with Crippen LogP contribution in [0.3, 0.4) is 0 Å². The minimum absolute atomic E-state index is 0.0375. The molecule has 2 unspecified atom stereocenters. The average Bonchev–Trinajstić information content (AvgIpc) is 2.69. The number of nitro benzene ring substituents is 1. The Kier molecular flexibility index (Phi) is 3.65. The normalized spacial score (nSPS) is 22.1. The zero-order valence-electron chi connectivity index (χ0n) is 11.8. The van der Waals surface area contributed by atoms with Crippen LogP contribution in [0, 0.1) is 28.9 Å². The van der Waals surface area contributed by atoms with Gasteiger partial charge in [0.2, 0.25) is 0 Å². The zero-order valence-corrected chi connectivity index (χ0v) is 11.8. The second-order valence-electron chi connectivity index (χ2n) is 5.56. The molecular weight excluding hydrogens is 260 g/mol. The number of nitrogens with zero attached hydrogens (tertiary/aromatic N) is 2. The molecule has 1 aliphatic rings. The molecule has 2 rings (SSSR count). The van der Waals surface area contributed by atoms with Crippen molar-refractivity contribution >= 4 is 17.3 Å². The molecule has 0 aliphatic carbocycles. The molecule has 2 atom stereocenters. The van der Waals surface area contributed by atoms with Crippen LogP contribution in [0.4, 0.5) is 11.4 Å². The molecule has 1 N–H and O–H groups in total. The lowest BCUT2D eigenvalue weighted by molar-refractivity contribution is -0.385. The third-order valence-electron chi connectivity index (χ3n) is 4.13. The molecule has 0 radical (unpaired) electrons. The number of aromatic carboxylic acids is 1. The lowest BCUT2D eigenvalue weighted by atomic mass is 10.0. The Balaban J connectivity index is 2.52. The van der Waals surface area contributed by atoms with E-state index in [-0.39, 0.29) is 11.3 Å². The second-order valence-corrected chi connectivity index (χ2v) is 5.56. The van der Waals surface area contributed by atoms with Gasteiger partial charge in [0, 0.05) is 24.8 Å². The van der Waals surface area contributed by atoms with Crippen LogP contribution in [-0.2, 0) is 0 Å². The third-order valence-corrected chi connectivity index (χ3v) is 4.13. The van der Waals surface area contributed by atoms with Crippen LogP contribution >= 0.6 is 0 Å². The molecule has 0 bridgehead atoms. The SMILES string of the molecule is Cc1c(N2CC(C)C(C)C2)cc(C(=O)O)cc1[N+](=O)[O-]. The van der Waals surface area contributed by atoms with E-state index in [1.54, 1.807) is 6.92 Å². The topological polar surface area (TPSA) is 83.7 Å².